The number of benzene rings is 1. The van der Waals surface area contributed by atoms with Crippen LogP contribution in [0.3, 0.4) is 0 Å². The van der Waals surface area contributed by atoms with Crippen molar-refractivity contribution < 1.29 is 14.1 Å². The van der Waals surface area contributed by atoms with Gasteiger partial charge in [0.1, 0.15) is 0 Å². The molecule has 1 aromatic carbocycles. The van der Waals surface area contributed by atoms with E-state index in [1.165, 1.54) is 12.5 Å². The minimum atomic E-state index is -0.984. The molecule has 1 aliphatic carbocycles. The molecule has 5 nitrogen and oxygen atoms in total. The van der Waals surface area contributed by atoms with E-state index in [0.717, 1.165) is 37.8 Å². The fraction of sp³-hybridized carbons (Fsp3) is 0.533. The number of nitrogens with one attached hydrogen (secondary N) is 1. The number of hydrogen-bond acceptors (Lipinski definition) is 3. The van der Waals surface area contributed by atoms with Gasteiger partial charge >= 0.3 is 5.69 Å². The van der Waals surface area contributed by atoms with Gasteiger partial charge in [-0.15, -0.1) is 0 Å². The molecule has 0 heterocycles. The first-order valence-electron chi connectivity index (χ1n) is 7.22. The summed E-state index contributed by atoms with van der Waals surface area (Å²) in [7, 11) is 0. The van der Waals surface area contributed by atoms with Crippen LogP contribution in [0.1, 0.15) is 49.4 Å². The highest BCUT2D eigenvalue weighted by Crippen LogP contribution is 2.23. The quantitative estimate of drug-likeness (QED) is 0.527. The van der Waals surface area contributed by atoms with Gasteiger partial charge in [0.15, 0.2) is 0 Å². The third-order valence-electron chi connectivity index (χ3n) is 4.00. The minimum Gasteiger partial charge on any atom is -0.349 e. The second-order valence-electron chi connectivity index (χ2n) is 5.71. The van der Waals surface area contributed by atoms with Gasteiger partial charge in [-0.25, -0.2) is 0 Å². The first-order valence-corrected chi connectivity index (χ1v) is 7.22. The molecule has 0 aliphatic heterocycles. The number of hydrogen-bond donors (Lipinski definition) is 1. The lowest BCUT2D eigenvalue weighted by Gasteiger charge is -2.16. The van der Waals surface area contributed by atoms with Crippen LogP contribution in [0, 0.1) is 21.8 Å². The van der Waals surface area contributed by atoms with E-state index in [9.17, 15) is 19.3 Å². The summed E-state index contributed by atoms with van der Waals surface area (Å²) < 4.78 is 13.5. The maximum atomic E-state index is 13.5. The zero-order valence-corrected chi connectivity index (χ0v) is 12.0. The van der Waals surface area contributed by atoms with Crippen LogP contribution in [0.4, 0.5) is 10.1 Å². The van der Waals surface area contributed by atoms with Gasteiger partial charge in [-0.3, -0.25) is 14.9 Å². The van der Waals surface area contributed by atoms with Crippen LogP contribution in [0.5, 0.6) is 0 Å². The Morgan fingerprint density at radius 2 is 2.10 bits per heavy atom. The number of carbonyl (C=O) groups excluding carboxylic acids is 1. The van der Waals surface area contributed by atoms with Gasteiger partial charge in [0.25, 0.3) is 5.91 Å². The van der Waals surface area contributed by atoms with Crippen molar-refractivity contribution in [2.45, 2.75) is 45.1 Å². The van der Waals surface area contributed by atoms with E-state index in [1.807, 2.05) is 0 Å². The van der Waals surface area contributed by atoms with Gasteiger partial charge in [-0.1, -0.05) is 19.8 Å². The molecule has 1 aliphatic rings. The molecular weight excluding hydrogens is 275 g/mol. The molecule has 0 saturated heterocycles. The largest absolute Gasteiger partial charge is 0.349 e. The Balaban J connectivity index is 2.03. The molecule has 1 aromatic rings. The summed E-state index contributed by atoms with van der Waals surface area (Å²) >= 11 is 0. The standard InChI is InChI=1S/C15H19FN2O3/c1-10-3-2-4-12(7-5-10)17-15(19)11-6-8-14(18(20)21)13(16)9-11/h6,8-10,12H,2-5,7H2,1H3,(H,17,19). The van der Waals surface area contributed by atoms with Crippen LogP contribution < -0.4 is 5.32 Å². The van der Waals surface area contributed by atoms with Gasteiger partial charge < -0.3 is 5.32 Å². The van der Waals surface area contributed by atoms with E-state index in [2.05, 4.69) is 12.2 Å². The number of nitro groups is 1. The lowest BCUT2D eigenvalue weighted by molar-refractivity contribution is -0.387. The molecule has 0 bridgehead atoms. The van der Waals surface area contributed by atoms with E-state index >= 15 is 0 Å². The maximum absolute atomic E-state index is 13.5. The lowest BCUT2D eigenvalue weighted by atomic mass is 10.0. The summed E-state index contributed by atoms with van der Waals surface area (Å²) in [5, 5.41) is 13.4. The Kier molecular flexibility index (Phi) is 4.88. The predicted octanol–water partition coefficient (Wildman–Crippen LogP) is 3.43. The van der Waals surface area contributed by atoms with E-state index < -0.39 is 16.4 Å². The smallest absolute Gasteiger partial charge is 0.304 e. The predicted molar refractivity (Wildman–Crippen MR) is 76.6 cm³/mol. The molecular formula is C15H19FN2O3. The van der Waals surface area contributed by atoms with Crippen molar-refractivity contribution in [3.63, 3.8) is 0 Å². The van der Waals surface area contributed by atoms with Crippen molar-refractivity contribution in [2.24, 2.45) is 5.92 Å². The summed E-state index contributed by atoms with van der Waals surface area (Å²) in [6.45, 7) is 2.20. The Morgan fingerprint density at radius 3 is 2.76 bits per heavy atom. The van der Waals surface area contributed by atoms with Crippen LogP contribution in [0.15, 0.2) is 18.2 Å². The van der Waals surface area contributed by atoms with Gasteiger partial charge in [-0.05, 0) is 37.3 Å². The van der Waals surface area contributed by atoms with Gasteiger partial charge in [0.05, 0.1) is 4.92 Å². The summed E-state index contributed by atoms with van der Waals surface area (Å²) in [5.74, 6) is -0.686. The van der Waals surface area contributed by atoms with Crippen molar-refractivity contribution in [2.75, 3.05) is 0 Å². The highest BCUT2D eigenvalue weighted by Gasteiger charge is 2.20. The summed E-state index contributed by atoms with van der Waals surface area (Å²) in [5.41, 5.74) is -0.495. The number of nitro benzene ring substituents is 1. The van der Waals surface area contributed by atoms with Crippen LogP contribution in [0.2, 0.25) is 0 Å². The van der Waals surface area contributed by atoms with Crippen LogP contribution in [0.25, 0.3) is 0 Å². The third kappa shape index (κ3) is 4.00. The first kappa shape index (κ1) is 15.4. The molecule has 1 saturated carbocycles. The molecule has 0 aromatic heterocycles. The molecule has 0 radical (unpaired) electrons. The summed E-state index contributed by atoms with van der Waals surface area (Å²) in [6.07, 6.45) is 5.15. The molecule has 2 rings (SSSR count). The molecule has 21 heavy (non-hydrogen) atoms. The monoisotopic (exact) mass is 294 g/mol. The van der Waals surface area contributed by atoms with Gasteiger partial charge in [-0.2, -0.15) is 4.39 Å². The molecule has 1 fully saturated rings. The minimum absolute atomic E-state index is 0.0979. The number of halogens is 1. The number of rotatable bonds is 3. The molecule has 114 valence electrons. The first-order chi connectivity index (χ1) is 9.97. The van der Waals surface area contributed by atoms with E-state index in [1.54, 1.807) is 0 Å². The number of carbonyl (C=O) groups is 1. The number of amides is 1. The fourth-order valence-electron chi connectivity index (χ4n) is 2.70. The fourth-order valence-corrected chi connectivity index (χ4v) is 2.70. The van der Waals surface area contributed by atoms with Crippen LogP contribution >= 0.6 is 0 Å². The van der Waals surface area contributed by atoms with Crippen molar-refractivity contribution in [1.29, 1.82) is 0 Å². The molecule has 0 spiro atoms. The number of nitrogens with zero attached hydrogens (tertiary/aromatic N) is 1. The topological polar surface area (TPSA) is 72.2 Å². The van der Waals surface area contributed by atoms with Crippen molar-refractivity contribution in [3.05, 3.63) is 39.7 Å². The Morgan fingerprint density at radius 1 is 1.33 bits per heavy atom. The average molecular weight is 294 g/mol. The molecule has 1 amide bonds. The van der Waals surface area contributed by atoms with Crippen LogP contribution in [-0.2, 0) is 0 Å². The van der Waals surface area contributed by atoms with Crippen molar-refractivity contribution >= 4 is 11.6 Å². The van der Waals surface area contributed by atoms with Crippen molar-refractivity contribution in [1.82, 2.24) is 5.32 Å². The maximum Gasteiger partial charge on any atom is 0.304 e. The third-order valence-corrected chi connectivity index (χ3v) is 4.00. The van der Waals surface area contributed by atoms with Gasteiger partial charge in [0.2, 0.25) is 5.82 Å². The SMILES string of the molecule is CC1CCCC(NC(=O)c2ccc([N+](=O)[O-])c(F)c2)CC1. The highest BCUT2D eigenvalue weighted by molar-refractivity contribution is 5.94. The van der Waals surface area contributed by atoms with E-state index in [-0.39, 0.29) is 17.5 Å². The van der Waals surface area contributed by atoms with E-state index in [4.69, 9.17) is 0 Å². The Labute approximate surface area is 122 Å². The zero-order valence-electron chi connectivity index (χ0n) is 12.0. The molecule has 2 unspecified atom stereocenters. The van der Waals surface area contributed by atoms with Crippen LogP contribution in [-0.4, -0.2) is 16.9 Å². The Bertz CT molecular complexity index is 548. The molecule has 6 heteroatoms. The zero-order chi connectivity index (χ0) is 15.4. The molecule has 1 N–H and O–H groups in total. The second kappa shape index (κ2) is 6.65. The van der Waals surface area contributed by atoms with E-state index in [0.29, 0.717) is 5.92 Å². The lowest BCUT2D eigenvalue weighted by Crippen LogP contribution is -2.34. The summed E-state index contributed by atoms with van der Waals surface area (Å²) in [6, 6.07) is 3.34. The Hall–Kier alpha value is -1.98. The highest BCUT2D eigenvalue weighted by atomic mass is 19.1. The second-order valence-corrected chi connectivity index (χ2v) is 5.71. The average Bonchev–Trinajstić information content (AvgIpc) is 2.63. The van der Waals surface area contributed by atoms with Gasteiger partial charge in [0, 0.05) is 17.7 Å². The normalized spacial score (nSPS) is 22.4. The summed E-state index contributed by atoms with van der Waals surface area (Å²) in [4.78, 5) is 21.8. The molecule has 2 atom stereocenters. The van der Waals surface area contributed by atoms with Crippen molar-refractivity contribution in [3.8, 4) is 0 Å².